The number of piperazine rings is 1. The minimum Gasteiger partial charge on any atom is -0.368 e. The number of amides is 1. The molecule has 0 aromatic heterocycles. The quantitative estimate of drug-likeness (QED) is 0.229. The minimum atomic E-state index is -4.58. The van der Waals surface area contributed by atoms with Gasteiger partial charge in [-0.3, -0.25) is 4.79 Å². The summed E-state index contributed by atoms with van der Waals surface area (Å²) in [6.07, 6.45) is -9.00. The average molecular weight is 574 g/mol. The Morgan fingerprint density at radius 2 is 1.39 bits per heavy atom. The van der Waals surface area contributed by atoms with Gasteiger partial charge in [-0.25, -0.2) is 0 Å². The van der Waals surface area contributed by atoms with Gasteiger partial charge in [0.1, 0.15) is 6.54 Å². The normalized spacial score (nSPS) is 14.5. The van der Waals surface area contributed by atoms with Crippen LogP contribution in [0.5, 0.6) is 0 Å². The average Bonchev–Trinajstić information content (AvgIpc) is 2.88. The van der Waals surface area contributed by atoms with E-state index in [1.165, 1.54) is 16.4 Å². The van der Waals surface area contributed by atoms with Crippen LogP contribution in [0.4, 0.5) is 37.7 Å². The highest BCUT2D eigenvalue weighted by Crippen LogP contribution is 2.39. The summed E-state index contributed by atoms with van der Waals surface area (Å²) < 4.78 is 80.2. The maximum Gasteiger partial charge on any atom is 0.416 e. The van der Waals surface area contributed by atoms with Crippen molar-refractivity contribution in [1.29, 1.82) is 0 Å². The fourth-order valence-electron chi connectivity index (χ4n) is 3.95. The lowest BCUT2D eigenvalue weighted by molar-refractivity contribution is -0.138. The van der Waals surface area contributed by atoms with E-state index in [0.29, 0.717) is 36.8 Å². The summed E-state index contributed by atoms with van der Waals surface area (Å²) in [5, 5.41) is 0.0707. The lowest BCUT2D eigenvalue weighted by Crippen LogP contribution is -2.50. The summed E-state index contributed by atoms with van der Waals surface area (Å²) in [6, 6.07) is 16.7. The Morgan fingerprint density at radius 1 is 0.816 bits per heavy atom. The van der Waals surface area contributed by atoms with Crippen LogP contribution in [0.15, 0.2) is 77.7 Å². The number of halogens is 7. The van der Waals surface area contributed by atoms with Gasteiger partial charge in [-0.15, -0.1) is 0 Å². The minimum absolute atomic E-state index is 0.0621. The first-order valence-electron chi connectivity index (χ1n) is 11.5. The standard InChI is InChI=1S/C26H22ClF6N3OS/c27-22-11-8-19(26(31,32)33)16-23(22)36(38-21-4-2-1-3-5-21)17-24(37)35-14-12-34(13-15-35)20-9-6-18(7-10-20)25(28,29)30/h1-11,16H,12-15,17H2. The molecule has 4 nitrogen and oxygen atoms in total. The molecule has 1 fully saturated rings. The molecule has 0 bridgehead atoms. The lowest BCUT2D eigenvalue weighted by atomic mass is 10.1. The Labute approximate surface area is 224 Å². The van der Waals surface area contributed by atoms with E-state index in [1.807, 2.05) is 4.90 Å². The molecule has 3 aromatic carbocycles. The zero-order chi connectivity index (χ0) is 27.5. The molecule has 202 valence electrons. The molecule has 4 rings (SSSR count). The van der Waals surface area contributed by atoms with E-state index in [4.69, 9.17) is 11.6 Å². The van der Waals surface area contributed by atoms with Crippen molar-refractivity contribution in [3.05, 3.63) is 88.9 Å². The zero-order valence-corrected chi connectivity index (χ0v) is 21.3. The molecule has 0 saturated carbocycles. The molecule has 0 atom stereocenters. The second-order valence-electron chi connectivity index (χ2n) is 8.52. The van der Waals surface area contributed by atoms with E-state index in [9.17, 15) is 31.1 Å². The van der Waals surface area contributed by atoms with Crippen LogP contribution in [-0.4, -0.2) is 43.5 Å². The highest BCUT2D eigenvalue weighted by Gasteiger charge is 2.33. The van der Waals surface area contributed by atoms with Crippen molar-refractivity contribution in [2.24, 2.45) is 0 Å². The number of hydrogen-bond donors (Lipinski definition) is 0. The zero-order valence-electron chi connectivity index (χ0n) is 19.8. The molecule has 1 saturated heterocycles. The summed E-state index contributed by atoms with van der Waals surface area (Å²) in [6.45, 7) is 1.17. The SMILES string of the molecule is O=C(CN(Sc1ccccc1)c1cc(C(F)(F)F)ccc1Cl)N1CCN(c2ccc(C(F)(F)F)cc2)CC1. The summed E-state index contributed by atoms with van der Waals surface area (Å²) in [5.41, 5.74) is -0.943. The molecular weight excluding hydrogens is 552 g/mol. The Bertz CT molecular complexity index is 1250. The van der Waals surface area contributed by atoms with Crippen LogP contribution in [0.1, 0.15) is 11.1 Å². The van der Waals surface area contributed by atoms with E-state index in [0.717, 1.165) is 42.3 Å². The molecule has 1 aliphatic heterocycles. The van der Waals surface area contributed by atoms with Crippen molar-refractivity contribution in [1.82, 2.24) is 4.90 Å². The molecule has 1 heterocycles. The van der Waals surface area contributed by atoms with Crippen LogP contribution in [0.25, 0.3) is 0 Å². The third kappa shape index (κ3) is 6.87. The van der Waals surface area contributed by atoms with Crippen molar-refractivity contribution >= 4 is 40.8 Å². The predicted molar refractivity (Wildman–Crippen MR) is 136 cm³/mol. The number of carbonyl (C=O) groups excluding carboxylic acids is 1. The maximum atomic E-state index is 13.4. The van der Waals surface area contributed by atoms with Crippen LogP contribution in [0.3, 0.4) is 0 Å². The van der Waals surface area contributed by atoms with E-state index in [1.54, 1.807) is 35.2 Å². The smallest absolute Gasteiger partial charge is 0.368 e. The van der Waals surface area contributed by atoms with Crippen molar-refractivity contribution in [3.8, 4) is 0 Å². The molecule has 0 aliphatic carbocycles. The van der Waals surface area contributed by atoms with Gasteiger partial charge in [0.2, 0.25) is 5.91 Å². The van der Waals surface area contributed by atoms with Gasteiger partial charge in [0, 0.05) is 36.8 Å². The van der Waals surface area contributed by atoms with Crippen LogP contribution < -0.4 is 9.21 Å². The fourth-order valence-corrected chi connectivity index (χ4v) is 5.18. The topological polar surface area (TPSA) is 26.8 Å². The molecule has 3 aromatic rings. The molecule has 0 radical (unpaired) electrons. The van der Waals surface area contributed by atoms with Crippen molar-refractivity contribution in [2.75, 3.05) is 41.9 Å². The molecule has 0 spiro atoms. The first kappa shape index (κ1) is 28.0. The van der Waals surface area contributed by atoms with Gasteiger partial charge in [0.05, 0.1) is 21.8 Å². The number of anilines is 2. The van der Waals surface area contributed by atoms with Crippen LogP contribution in [-0.2, 0) is 17.1 Å². The monoisotopic (exact) mass is 573 g/mol. The Balaban J connectivity index is 1.47. The molecule has 0 N–H and O–H groups in total. The number of nitrogens with zero attached hydrogens (tertiary/aromatic N) is 3. The Morgan fingerprint density at radius 3 is 1.97 bits per heavy atom. The van der Waals surface area contributed by atoms with Gasteiger partial charge < -0.3 is 14.1 Å². The highest BCUT2D eigenvalue weighted by molar-refractivity contribution is 8.00. The van der Waals surface area contributed by atoms with Gasteiger partial charge in [-0.1, -0.05) is 29.8 Å². The van der Waals surface area contributed by atoms with Crippen molar-refractivity contribution in [2.45, 2.75) is 17.2 Å². The highest BCUT2D eigenvalue weighted by atomic mass is 35.5. The maximum absolute atomic E-state index is 13.4. The van der Waals surface area contributed by atoms with Crippen molar-refractivity contribution in [3.63, 3.8) is 0 Å². The third-order valence-corrected chi connectivity index (χ3v) is 7.32. The first-order chi connectivity index (χ1) is 17.9. The first-order valence-corrected chi connectivity index (χ1v) is 12.6. The lowest BCUT2D eigenvalue weighted by Gasteiger charge is -2.37. The van der Waals surface area contributed by atoms with Crippen LogP contribution in [0, 0.1) is 0 Å². The Hall–Kier alpha value is -3.05. The number of carbonyl (C=O) groups is 1. The van der Waals surface area contributed by atoms with E-state index in [2.05, 4.69) is 0 Å². The summed E-state index contributed by atoms with van der Waals surface area (Å²) in [7, 11) is 0. The number of hydrogen-bond acceptors (Lipinski definition) is 4. The predicted octanol–water partition coefficient (Wildman–Crippen LogP) is 7.24. The van der Waals surface area contributed by atoms with E-state index >= 15 is 0 Å². The molecule has 38 heavy (non-hydrogen) atoms. The molecular formula is C26H22ClF6N3OS. The summed E-state index contributed by atoms with van der Waals surface area (Å²) in [4.78, 5) is 17.4. The number of alkyl halides is 6. The number of benzene rings is 3. The second kappa shape index (κ2) is 11.4. The Kier molecular flexibility index (Phi) is 8.37. The second-order valence-corrected chi connectivity index (χ2v) is 10.0. The summed E-state index contributed by atoms with van der Waals surface area (Å²) >= 11 is 7.38. The van der Waals surface area contributed by atoms with Gasteiger partial charge >= 0.3 is 12.4 Å². The molecule has 12 heteroatoms. The third-order valence-electron chi connectivity index (χ3n) is 5.97. The van der Waals surface area contributed by atoms with E-state index < -0.39 is 23.5 Å². The molecule has 0 unspecified atom stereocenters. The molecule has 1 amide bonds. The van der Waals surface area contributed by atoms with Gasteiger partial charge in [0.15, 0.2) is 0 Å². The van der Waals surface area contributed by atoms with Crippen LogP contribution in [0.2, 0.25) is 5.02 Å². The molecule has 1 aliphatic rings. The van der Waals surface area contributed by atoms with Crippen molar-refractivity contribution < 1.29 is 31.1 Å². The van der Waals surface area contributed by atoms with E-state index in [-0.39, 0.29) is 23.2 Å². The van der Waals surface area contributed by atoms with Gasteiger partial charge in [-0.2, -0.15) is 26.3 Å². The largest absolute Gasteiger partial charge is 0.416 e. The van der Waals surface area contributed by atoms with Gasteiger partial charge in [0.25, 0.3) is 0 Å². The summed E-state index contributed by atoms with van der Waals surface area (Å²) in [5.74, 6) is -0.311. The van der Waals surface area contributed by atoms with Crippen LogP contribution >= 0.6 is 23.5 Å². The van der Waals surface area contributed by atoms with Gasteiger partial charge in [-0.05, 0) is 66.5 Å². The fraction of sp³-hybridized carbons (Fsp3) is 0.269. The number of rotatable bonds is 6.